The number of fused-ring (bicyclic) bond motifs is 1. The van der Waals surface area contributed by atoms with Crippen LogP contribution in [0.1, 0.15) is 31.9 Å². The van der Waals surface area contributed by atoms with Crippen molar-refractivity contribution in [1.82, 2.24) is 0 Å². The summed E-state index contributed by atoms with van der Waals surface area (Å²) in [6.45, 7) is 4.25. The summed E-state index contributed by atoms with van der Waals surface area (Å²) in [4.78, 5) is 0. The van der Waals surface area contributed by atoms with Gasteiger partial charge in [0.05, 0.1) is 12.1 Å². The lowest BCUT2D eigenvalue weighted by Crippen LogP contribution is -2.31. The van der Waals surface area contributed by atoms with E-state index in [4.69, 9.17) is 15.2 Å². The Bertz CT molecular complexity index is 400. The van der Waals surface area contributed by atoms with Crippen molar-refractivity contribution in [3.8, 4) is 11.5 Å². The van der Waals surface area contributed by atoms with Gasteiger partial charge in [-0.25, -0.2) is 0 Å². The summed E-state index contributed by atoms with van der Waals surface area (Å²) in [5.74, 6) is 1.53. The van der Waals surface area contributed by atoms with Crippen molar-refractivity contribution in [2.45, 2.75) is 32.4 Å². The fourth-order valence-corrected chi connectivity index (χ4v) is 1.99. The highest BCUT2D eigenvalue weighted by molar-refractivity contribution is 5.85. The third-order valence-corrected chi connectivity index (χ3v) is 3.38. The minimum atomic E-state index is -0.573. The number of rotatable bonds is 4. The first-order valence-electron chi connectivity index (χ1n) is 5.97. The third-order valence-electron chi connectivity index (χ3n) is 3.38. The average Bonchev–Trinajstić information content (AvgIpc) is 2.83. The Morgan fingerprint density at radius 3 is 2.78 bits per heavy atom. The van der Waals surface area contributed by atoms with E-state index in [-0.39, 0.29) is 25.1 Å². The zero-order chi connectivity index (χ0) is 12.4. The van der Waals surface area contributed by atoms with Crippen LogP contribution in [0.25, 0.3) is 0 Å². The van der Waals surface area contributed by atoms with Gasteiger partial charge in [-0.15, -0.1) is 12.4 Å². The molecule has 3 atom stereocenters. The quantitative estimate of drug-likeness (QED) is 0.883. The number of halogens is 1. The van der Waals surface area contributed by atoms with Gasteiger partial charge in [0.15, 0.2) is 11.5 Å². The Kier molecular flexibility index (Phi) is 5.26. The van der Waals surface area contributed by atoms with Gasteiger partial charge >= 0.3 is 0 Å². The van der Waals surface area contributed by atoms with E-state index in [1.54, 1.807) is 0 Å². The monoisotopic (exact) mass is 273 g/mol. The van der Waals surface area contributed by atoms with E-state index in [9.17, 15) is 5.11 Å². The smallest absolute Gasteiger partial charge is 0.231 e. The van der Waals surface area contributed by atoms with Gasteiger partial charge in [0.1, 0.15) is 0 Å². The predicted molar refractivity (Wildman–Crippen MR) is 72.2 cm³/mol. The van der Waals surface area contributed by atoms with E-state index in [0.717, 1.165) is 12.0 Å². The number of hydrogen-bond acceptors (Lipinski definition) is 4. The Morgan fingerprint density at radius 1 is 1.39 bits per heavy atom. The molecule has 0 fully saturated rings. The molecule has 0 bridgehead atoms. The molecule has 1 unspecified atom stereocenters. The molecule has 0 amide bonds. The number of benzene rings is 1. The highest BCUT2D eigenvalue weighted by atomic mass is 35.5. The molecule has 2 rings (SSSR count). The van der Waals surface area contributed by atoms with Crippen molar-refractivity contribution in [2.75, 3.05) is 6.79 Å². The zero-order valence-electron chi connectivity index (χ0n) is 10.6. The van der Waals surface area contributed by atoms with Crippen molar-refractivity contribution < 1.29 is 14.6 Å². The van der Waals surface area contributed by atoms with Gasteiger partial charge in [0, 0.05) is 5.56 Å². The molecule has 18 heavy (non-hydrogen) atoms. The van der Waals surface area contributed by atoms with E-state index in [2.05, 4.69) is 0 Å². The molecule has 102 valence electrons. The maximum Gasteiger partial charge on any atom is 0.231 e. The molecule has 3 N–H and O–H groups in total. The number of para-hydroxylation sites is 1. The SMILES string of the molecule is CCC(C)[C@@H](O)[C@@H](N)c1cccc2c1OCO2.Cl. The third kappa shape index (κ3) is 2.71. The number of hydrogen-bond donors (Lipinski definition) is 2. The first kappa shape index (κ1) is 15.1. The Morgan fingerprint density at radius 2 is 2.11 bits per heavy atom. The van der Waals surface area contributed by atoms with Crippen molar-refractivity contribution in [1.29, 1.82) is 0 Å². The molecular weight excluding hydrogens is 254 g/mol. The summed E-state index contributed by atoms with van der Waals surface area (Å²) in [7, 11) is 0. The lowest BCUT2D eigenvalue weighted by Gasteiger charge is -2.24. The van der Waals surface area contributed by atoms with Crippen LogP contribution in [0.4, 0.5) is 0 Å². The summed E-state index contributed by atoms with van der Waals surface area (Å²) in [6.07, 6.45) is 0.317. The van der Waals surface area contributed by atoms with Gasteiger partial charge in [-0.05, 0) is 12.0 Å². The van der Waals surface area contributed by atoms with E-state index in [1.807, 2.05) is 32.0 Å². The summed E-state index contributed by atoms with van der Waals surface area (Å²) >= 11 is 0. The van der Waals surface area contributed by atoms with E-state index < -0.39 is 12.1 Å². The van der Waals surface area contributed by atoms with Crippen molar-refractivity contribution in [3.05, 3.63) is 23.8 Å². The lowest BCUT2D eigenvalue weighted by atomic mass is 9.91. The molecule has 1 aliphatic rings. The largest absolute Gasteiger partial charge is 0.454 e. The van der Waals surface area contributed by atoms with E-state index in [0.29, 0.717) is 11.5 Å². The standard InChI is InChI=1S/C13H19NO3.ClH/c1-3-8(2)12(15)11(14)9-5-4-6-10-13(9)17-7-16-10;/h4-6,8,11-12,15H,3,7,14H2,1-2H3;1H/t8?,11-,12+;/m0./s1. The molecule has 0 saturated heterocycles. The fraction of sp³-hybridized carbons (Fsp3) is 0.538. The highest BCUT2D eigenvalue weighted by Gasteiger charge is 2.27. The molecule has 4 nitrogen and oxygen atoms in total. The highest BCUT2D eigenvalue weighted by Crippen LogP contribution is 2.39. The normalized spacial score (nSPS) is 17.8. The second kappa shape index (κ2) is 6.27. The second-order valence-electron chi connectivity index (χ2n) is 4.48. The number of nitrogens with two attached hydrogens (primary N) is 1. The van der Waals surface area contributed by atoms with Crippen LogP contribution >= 0.6 is 12.4 Å². The molecule has 0 aromatic heterocycles. The van der Waals surface area contributed by atoms with Crippen LogP contribution in [0.2, 0.25) is 0 Å². The molecule has 5 heteroatoms. The van der Waals surface area contributed by atoms with Crippen LogP contribution < -0.4 is 15.2 Å². The summed E-state index contributed by atoms with van der Waals surface area (Å²) in [5, 5.41) is 10.1. The first-order valence-corrected chi connectivity index (χ1v) is 5.97. The molecule has 0 aliphatic carbocycles. The van der Waals surface area contributed by atoms with Crippen LogP contribution in [0.15, 0.2) is 18.2 Å². The maximum atomic E-state index is 10.1. The van der Waals surface area contributed by atoms with Gasteiger partial charge in [-0.1, -0.05) is 32.4 Å². The maximum absolute atomic E-state index is 10.1. The molecular formula is C13H20ClNO3. The van der Waals surface area contributed by atoms with Crippen LogP contribution in [-0.2, 0) is 0 Å². The topological polar surface area (TPSA) is 64.7 Å². The van der Waals surface area contributed by atoms with Crippen molar-refractivity contribution in [3.63, 3.8) is 0 Å². The number of aliphatic hydroxyl groups excluding tert-OH is 1. The first-order chi connectivity index (χ1) is 8.15. The van der Waals surface area contributed by atoms with Gasteiger partial charge in [-0.2, -0.15) is 0 Å². The van der Waals surface area contributed by atoms with E-state index >= 15 is 0 Å². The molecule has 0 saturated carbocycles. The molecule has 1 aliphatic heterocycles. The van der Waals surface area contributed by atoms with Gasteiger partial charge in [0.2, 0.25) is 6.79 Å². The minimum absolute atomic E-state index is 0. The average molecular weight is 274 g/mol. The lowest BCUT2D eigenvalue weighted by molar-refractivity contribution is 0.0865. The summed E-state index contributed by atoms with van der Waals surface area (Å²) in [5.41, 5.74) is 6.92. The van der Waals surface area contributed by atoms with Crippen LogP contribution in [0.5, 0.6) is 11.5 Å². The summed E-state index contributed by atoms with van der Waals surface area (Å²) < 4.78 is 10.7. The molecule has 0 spiro atoms. The molecule has 1 aromatic rings. The second-order valence-corrected chi connectivity index (χ2v) is 4.48. The van der Waals surface area contributed by atoms with Gasteiger partial charge in [0.25, 0.3) is 0 Å². The van der Waals surface area contributed by atoms with Crippen molar-refractivity contribution in [2.24, 2.45) is 11.7 Å². The number of ether oxygens (including phenoxy) is 2. The molecule has 1 heterocycles. The Hall–Kier alpha value is -0.970. The minimum Gasteiger partial charge on any atom is -0.454 e. The Balaban J connectivity index is 0.00000162. The Labute approximate surface area is 113 Å². The van der Waals surface area contributed by atoms with Crippen LogP contribution in [0.3, 0.4) is 0 Å². The van der Waals surface area contributed by atoms with Gasteiger partial charge in [-0.3, -0.25) is 0 Å². The fourth-order valence-electron chi connectivity index (χ4n) is 1.99. The van der Waals surface area contributed by atoms with Crippen molar-refractivity contribution >= 4 is 12.4 Å². The zero-order valence-corrected chi connectivity index (χ0v) is 11.4. The molecule has 0 radical (unpaired) electrons. The summed E-state index contributed by atoms with van der Waals surface area (Å²) in [6, 6.07) is 5.14. The number of aliphatic hydroxyl groups is 1. The van der Waals surface area contributed by atoms with Gasteiger partial charge < -0.3 is 20.3 Å². The predicted octanol–water partition coefficient (Wildman–Crippen LogP) is 2.24. The van der Waals surface area contributed by atoms with E-state index in [1.165, 1.54) is 0 Å². The molecule has 1 aromatic carbocycles. The van der Waals surface area contributed by atoms with Crippen LogP contribution in [0, 0.1) is 5.92 Å². The van der Waals surface area contributed by atoms with Crippen LogP contribution in [-0.4, -0.2) is 18.0 Å².